The number of anilines is 1. The zero-order valence-electron chi connectivity index (χ0n) is 10.4. The van der Waals surface area contributed by atoms with Crippen molar-refractivity contribution < 1.29 is 0 Å². The second-order valence-corrected chi connectivity index (χ2v) is 5.53. The fourth-order valence-corrected chi connectivity index (χ4v) is 3.45. The Morgan fingerprint density at radius 2 is 1.94 bits per heavy atom. The minimum absolute atomic E-state index is 0.535. The van der Waals surface area contributed by atoms with Crippen molar-refractivity contribution in [2.24, 2.45) is 11.7 Å². The molecule has 0 bridgehead atoms. The number of hydrogen-bond donors (Lipinski definition) is 1. The van der Waals surface area contributed by atoms with E-state index in [9.17, 15) is 0 Å². The van der Waals surface area contributed by atoms with Crippen LogP contribution in [0.5, 0.6) is 0 Å². The van der Waals surface area contributed by atoms with Gasteiger partial charge in [0.15, 0.2) is 0 Å². The molecule has 0 saturated heterocycles. The number of benzene rings is 1. The lowest BCUT2D eigenvalue weighted by Gasteiger charge is -2.29. The summed E-state index contributed by atoms with van der Waals surface area (Å²) in [5.41, 5.74) is 8.86. The van der Waals surface area contributed by atoms with Gasteiger partial charge in [-0.3, -0.25) is 0 Å². The fourth-order valence-electron chi connectivity index (χ4n) is 3.45. The maximum atomic E-state index is 5.94. The molecule has 1 aromatic carbocycles. The lowest BCUT2D eigenvalue weighted by Crippen LogP contribution is -2.40. The van der Waals surface area contributed by atoms with Crippen LogP contribution in [0.15, 0.2) is 24.3 Å². The molecule has 2 nitrogen and oxygen atoms in total. The van der Waals surface area contributed by atoms with Gasteiger partial charge >= 0.3 is 0 Å². The topological polar surface area (TPSA) is 29.3 Å². The molecule has 1 aromatic rings. The van der Waals surface area contributed by atoms with Gasteiger partial charge in [0, 0.05) is 24.8 Å². The summed E-state index contributed by atoms with van der Waals surface area (Å²) in [6.07, 6.45) is 6.81. The van der Waals surface area contributed by atoms with Crippen LogP contribution in [0.25, 0.3) is 0 Å². The highest BCUT2D eigenvalue weighted by Gasteiger charge is 2.30. The van der Waals surface area contributed by atoms with Crippen molar-refractivity contribution in [2.45, 2.75) is 38.1 Å². The summed E-state index contributed by atoms with van der Waals surface area (Å²) >= 11 is 0. The average Bonchev–Trinajstić information content (AvgIpc) is 2.98. The number of fused-ring (bicyclic) bond motifs is 1. The van der Waals surface area contributed by atoms with Crippen LogP contribution in [0, 0.1) is 5.92 Å². The zero-order valence-corrected chi connectivity index (χ0v) is 10.4. The smallest absolute Gasteiger partial charge is 0.0453 e. The van der Waals surface area contributed by atoms with Crippen LogP contribution in [-0.2, 0) is 6.42 Å². The molecule has 1 unspecified atom stereocenters. The first-order valence-electron chi connectivity index (χ1n) is 6.93. The zero-order chi connectivity index (χ0) is 11.7. The van der Waals surface area contributed by atoms with Crippen LogP contribution in [-0.4, -0.2) is 19.1 Å². The lowest BCUT2D eigenvalue weighted by molar-refractivity contribution is 0.501. The molecular formula is C15H22N2. The first-order chi connectivity index (χ1) is 8.38. The lowest BCUT2D eigenvalue weighted by atomic mass is 10.1. The Morgan fingerprint density at radius 1 is 1.18 bits per heavy atom. The highest BCUT2D eigenvalue weighted by Crippen LogP contribution is 2.35. The first-order valence-corrected chi connectivity index (χ1v) is 6.93. The molecule has 0 spiro atoms. The molecule has 1 saturated carbocycles. The van der Waals surface area contributed by atoms with Crippen molar-refractivity contribution >= 4 is 5.69 Å². The van der Waals surface area contributed by atoms with Crippen molar-refractivity contribution in [2.75, 3.05) is 18.0 Å². The predicted molar refractivity (Wildman–Crippen MR) is 72.3 cm³/mol. The standard InChI is InChI=1S/C15H22N2/c16-10-14-9-13-7-3-4-8-15(13)17(14)11-12-5-1-2-6-12/h3-4,7-8,12,14H,1-2,5-6,9-11,16H2. The van der Waals surface area contributed by atoms with Crippen LogP contribution in [0.3, 0.4) is 0 Å². The first kappa shape index (κ1) is 11.1. The molecule has 1 atom stereocenters. The largest absolute Gasteiger partial charge is 0.366 e. The molecule has 3 rings (SSSR count). The van der Waals surface area contributed by atoms with Gasteiger partial charge in [-0.05, 0) is 36.8 Å². The summed E-state index contributed by atoms with van der Waals surface area (Å²) in [5, 5.41) is 0. The Morgan fingerprint density at radius 3 is 2.71 bits per heavy atom. The third-order valence-electron chi connectivity index (χ3n) is 4.40. The number of nitrogens with two attached hydrogens (primary N) is 1. The van der Waals surface area contributed by atoms with E-state index in [-0.39, 0.29) is 0 Å². The quantitative estimate of drug-likeness (QED) is 0.864. The predicted octanol–water partition coefficient (Wildman–Crippen LogP) is 2.57. The Labute approximate surface area is 104 Å². The molecule has 92 valence electrons. The van der Waals surface area contributed by atoms with Crippen LogP contribution in [0.1, 0.15) is 31.2 Å². The van der Waals surface area contributed by atoms with Crippen molar-refractivity contribution in [3.8, 4) is 0 Å². The van der Waals surface area contributed by atoms with Gasteiger partial charge in [0.2, 0.25) is 0 Å². The van der Waals surface area contributed by atoms with E-state index in [2.05, 4.69) is 29.2 Å². The van der Waals surface area contributed by atoms with Gasteiger partial charge in [-0.1, -0.05) is 31.0 Å². The van der Waals surface area contributed by atoms with E-state index in [0.29, 0.717) is 6.04 Å². The number of hydrogen-bond acceptors (Lipinski definition) is 2. The molecule has 2 heteroatoms. The Hall–Kier alpha value is -1.02. The maximum Gasteiger partial charge on any atom is 0.0453 e. The van der Waals surface area contributed by atoms with E-state index in [0.717, 1.165) is 18.9 Å². The molecule has 1 heterocycles. The summed E-state index contributed by atoms with van der Waals surface area (Å²) in [6, 6.07) is 9.35. The summed E-state index contributed by atoms with van der Waals surface area (Å²) in [4.78, 5) is 2.57. The number of nitrogens with zero attached hydrogens (tertiary/aromatic N) is 1. The highest BCUT2D eigenvalue weighted by atomic mass is 15.2. The van der Waals surface area contributed by atoms with Gasteiger partial charge in [-0.2, -0.15) is 0 Å². The molecule has 0 aromatic heterocycles. The van der Waals surface area contributed by atoms with Crippen LogP contribution < -0.4 is 10.6 Å². The van der Waals surface area contributed by atoms with Crippen LogP contribution in [0.2, 0.25) is 0 Å². The molecule has 1 aliphatic carbocycles. The van der Waals surface area contributed by atoms with Crippen molar-refractivity contribution in [3.63, 3.8) is 0 Å². The van der Waals surface area contributed by atoms with Crippen molar-refractivity contribution in [1.82, 2.24) is 0 Å². The van der Waals surface area contributed by atoms with Crippen LogP contribution >= 0.6 is 0 Å². The SMILES string of the molecule is NCC1Cc2ccccc2N1CC1CCCC1. The molecule has 1 fully saturated rings. The van der Waals surface area contributed by atoms with E-state index >= 15 is 0 Å². The van der Waals surface area contributed by atoms with E-state index in [1.165, 1.54) is 43.5 Å². The average molecular weight is 230 g/mol. The Bertz CT molecular complexity index is 382. The number of rotatable bonds is 3. The Balaban J connectivity index is 1.80. The molecular weight excluding hydrogens is 208 g/mol. The van der Waals surface area contributed by atoms with E-state index < -0.39 is 0 Å². The molecule has 2 N–H and O–H groups in total. The summed E-state index contributed by atoms with van der Waals surface area (Å²) < 4.78 is 0. The normalized spacial score (nSPS) is 24.3. The third kappa shape index (κ3) is 2.06. The molecule has 17 heavy (non-hydrogen) atoms. The minimum atomic E-state index is 0.535. The Kier molecular flexibility index (Phi) is 3.06. The summed E-state index contributed by atoms with van der Waals surface area (Å²) in [5.74, 6) is 0.898. The monoisotopic (exact) mass is 230 g/mol. The van der Waals surface area contributed by atoms with Gasteiger partial charge in [-0.15, -0.1) is 0 Å². The van der Waals surface area contributed by atoms with E-state index in [4.69, 9.17) is 5.73 Å². The van der Waals surface area contributed by atoms with Crippen LogP contribution in [0.4, 0.5) is 5.69 Å². The third-order valence-corrected chi connectivity index (χ3v) is 4.40. The van der Waals surface area contributed by atoms with Gasteiger partial charge in [0.1, 0.15) is 0 Å². The maximum absolute atomic E-state index is 5.94. The number of para-hydroxylation sites is 1. The molecule has 0 radical (unpaired) electrons. The van der Waals surface area contributed by atoms with Crippen molar-refractivity contribution in [1.29, 1.82) is 0 Å². The van der Waals surface area contributed by atoms with Gasteiger partial charge in [0.25, 0.3) is 0 Å². The molecule has 0 amide bonds. The summed E-state index contributed by atoms with van der Waals surface area (Å²) in [6.45, 7) is 2.00. The second kappa shape index (κ2) is 4.69. The molecule has 2 aliphatic rings. The van der Waals surface area contributed by atoms with Crippen molar-refractivity contribution in [3.05, 3.63) is 29.8 Å². The second-order valence-electron chi connectivity index (χ2n) is 5.53. The van der Waals surface area contributed by atoms with Gasteiger partial charge < -0.3 is 10.6 Å². The molecule has 1 aliphatic heterocycles. The fraction of sp³-hybridized carbons (Fsp3) is 0.600. The minimum Gasteiger partial charge on any atom is -0.366 e. The van der Waals surface area contributed by atoms with E-state index in [1.54, 1.807) is 0 Å². The highest BCUT2D eigenvalue weighted by molar-refractivity contribution is 5.59. The van der Waals surface area contributed by atoms with Gasteiger partial charge in [-0.25, -0.2) is 0 Å². The van der Waals surface area contributed by atoms with Gasteiger partial charge in [0.05, 0.1) is 0 Å². The summed E-state index contributed by atoms with van der Waals surface area (Å²) in [7, 11) is 0. The van der Waals surface area contributed by atoms with E-state index in [1.807, 2.05) is 0 Å².